The molecule has 1 fully saturated rings. The number of benzene rings is 1. The summed E-state index contributed by atoms with van der Waals surface area (Å²) in [5.74, 6) is 1.69. The van der Waals surface area contributed by atoms with Crippen molar-refractivity contribution in [2.45, 2.75) is 39.0 Å². The summed E-state index contributed by atoms with van der Waals surface area (Å²) in [5.41, 5.74) is 2.11. The van der Waals surface area contributed by atoms with Gasteiger partial charge >= 0.3 is 0 Å². The maximum absolute atomic E-state index is 10.9. The molecule has 1 saturated carbocycles. The molecular formula is C15H20O. The molecule has 1 aliphatic rings. The van der Waals surface area contributed by atoms with Crippen molar-refractivity contribution in [2.24, 2.45) is 11.8 Å². The van der Waals surface area contributed by atoms with Crippen LogP contribution in [0.25, 0.3) is 0 Å². The van der Waals surface area contributed by atoms with Crippen molar-refractivity contribution in [3.63, 3.8) is 0 Å². The highest BCUT2D eigenvalue weighted by Gasteiger charge is 2.19. The van der Waals surface area contributed by atoms with Crippen molar-refractivity contribution in [1.29, 1.82) is 0 Å². The minimum absolute atomic E-state index is 0.789. The Labute approximate surface area is 97.9 Å². The Morgan fingerprint density at radius 3 is 2.56 bits per heavy atom. The van der Waals surface area contributed by atoms with Gasteiger partial charge in [0.2, 0.25) is 0 Å². The van der Waals surface area contributed by atoms with E-state index in [4.69, 9.17) is 0 Å². The molecule has 0 amide bonds. The van der Waals surface area contributed by atoms with Gasteiger partial charge in [0.25, 0.3) is 0 Å². The van der Waals surface area contributed by atoms with Crippen LogP contribution in [0.4, 0.5) is 0 Å². The summed E-state index contributed by atoms with van der Waals surface area (Å²) in [4.78, 5) is 10.9. The fourth-order valence-electron chi connectivity index (χ4n) is 2.68. The summed E-state index contributed by atoms with van der Waals surface area (Å²) in [7, 11) is 0. The number of aldehydes is 1. The topological polar surface area (TPSA) is 17.1 Å². The molecule has 0 unspecified atom stereocenters. The van der Waals surface area contributed by atoms with Crippen LogP contribution in [0, 0.1) is 11.8 Å². The van der Waals surface area contributed by atoms with Crippen LogP contribution in [0.5, 0.6) is 0 Å². The Balaban J connectivity index is 2.00. The maximum Gasteiger partial charge on any atom is 0.150 e. The van der Waals surface area contributed by atoms with Crippen molar-refractivity contribution >= 4 is 6.29 Å². The van der Waals surface area contributed by atoms with Crippen molar-refractivity contribution in [3.05, 3.63) is 35.4 Å². The summed E-state index contributed by atoms with van der Waals surface area (Å²) < 4.78 is 0. The molecular weight excluding hydrogens is 196 g/mol. The largest absolute Gasteiger partial charge is 0.298 e. The monoisotopic (exact) mass is 216 g/mol. The van der Waals surface area contributed by atoms with Gasteiger partial charge in [-0.15, -0.1) is 0 Å². The molecule has 0 radical (unpaired) electrons. The van der Waals surface area contributed by atoms with Crippen molar-refractivity contribution in [3.8, 4) is 0 Å². The Hall–Kier alpha value is -1.11. The summed E-state index contributed by atoms with van der Waals surface area (Å²) in [6, 6.07) is 8.00. The van der Waals surface area contributed by atoms with E-state index in [-0.39, 0.29) is 0 Å². The molecule has 1 heteroatoms. The lowest BCUT2D eigenvalue weighted by atomic mass is 9.79. The Morgan fingerprint density at radius 2 is 1.88 bits per heavy atom. The Morgan fingerprint density at radius 1 is 1.19 bits per heavy atom. The van der Waals surface area contributed by atoms with Gasteiger partial charge in [0.15, 0.2) is 0 Å². The average Bonchev–Trinajstić information content (AvgIpc) is 2.33. The van der Waals surface area contributed by atoms with Gasteiger partial charge in [-0.25, -0.2) is 0 Å². The highest BCUT2D eigenvalue weighted by Crippen LogP contribution is 2.30. The quantitative estimate of drug-likeness (QED) is 0.701. The average molecular weight is 216 g/mol. The molecule has 0 atom stereocenters. The van der Waals surface area contributed by atoms with E-state index in [9.17, 15) is 4.79 Å². The van der Waals surface area contributed by atoms with E-state index in [0.29, 0.717) is 0 Å². The first-order chi connectivity index (χ1) is 7.79. The van der Waals surface area contributed by atoms with Crippen LogP contribution in [0.2, 0.25) is 0 Å². The van der Waals surface area contributed by atoms with Crippen LogP contribution in [-0.4, -0.2) is 6.29 Å². The fraction of sp³-hybridized carbons (Fsp3) is 0.533. The number of carbonyl (C=O) groups excluding carboxylic acids is 1. The molecule has 1 nitrogen and oxygen atoms in total. The highest BCUT2D eigenvalue weighted by atomic mass is 16.1. The number of hydrogen-bond donors (Lipinski definition) is 0. The van der Waals surface area contributed by atoms with Crippen LogP contribution >= 0.6 is 0 Å². The molecule has 0 spiro atoms. The summed E-state index contributed by atoms with van der Waals surface area (Å²) in [6.45, 7) is 2.34. The maximum atomic E-state index is 10.9. The zero-order valence-corrected chi connectivity index (χ0v) is 9.99. The molecule has 0 N–H and O–H groups in total. The summed E-state index contributed by atoms with van der Waals surface area (Å²) >= 11 is 0. The number of carbonyl (C=O) groups is 1. The van der Waals surface area contributed by atoms with Crippen LogP contribution in [0.15, 0.2) is 24.3 Å². The number of rotatable bonds is 3. The fourth-order valence-corrected chi connectivity index (χ4v) is 2.68. The molecule has 0 saturated heterocycles. The molecule has 86 valence electrons. The minimum atomic E-state index is 0.789. The van der Waals surface area contributed by atoms with Gasteiger partial charge in [0, 0.05) is 5.56 Å². The molecule has 1 aliphatic carbocycles. The lowest BCUT2D eigenvalue weighted by Gasteiger charge is -2.26. The minimum Gasteiger partial charge on any atom is -0.298 e. The van der Waals surface area contributed by atoms with Crippen molar-refractivity contribution in [2.75, 3.05) is 0 Å². The SMILES string of the molecule is CC1CCC(Cc2ccccc2C=O)CC1. The molecule has 0 bridgehead atoms. The van der Waals surface area contributed by atoms with Gasteiger partial charge in [-0.2, -0.15) is 0 Å². The van der Waals surface area contributed by atoms with Gasteiger partial charge in [-0.05, 0) is 36.7 Å². The van der Waals surface area contributed by atoms with E-state index in [1.54, 1.807) is 0 Å². The zero-order valence-electron chi connectivity index (χ0n) is 9.99. The Kier molecular flexibility index (Phi) is 3.76. The smallest absolute Gasteiger partial charge is 0.150 e. The van der Waals surface area contributed by atoms with E-state index in [1.807, 2.05) is 18.2 Å². The molecule has 1 aromatic carbocycles. The lowest BCUT2D eigenvalue weighted by molar-refractivity contribution is 0.112. The number of hydrogen-bond acceptors (Lipinski definition) is 1. The normalized spacial score (nSPS) is 25.3. The third-order valence-electron chi connectivity index (χ3n) is 3.83. The van der Waals surface area contributed by atoms with E-state index in [2.05, 4.69) is 13.0 Å². The van der Waals surface area contributed by atoms with E-state index in [1.165, 1.54) is 31.2 Å². The van der Waals surface area contributed by atoms with E-state index < -0.39 is 0 Å². The van der Waals surface area contributed by atoms with Crippen LogP contribution in [-0.2, 0) is 6.42 Å². The standard InChI is InChI=1S/C15H20O/c1-12-6-8-13(9-7-12)10-14-4-2-3-5-15(14)11-16/h2-5,11-13H,6-10H2,1H3. The first-order valence-electron chi connectivity index (χ1n) is 6.32. The molecule has 0 aliphatic heterocycles. The first-order valence-corrected chi connectivity index (χ1v) is 6.32. The van der Waals surface area contributed by atoms with Gasteiger partial charge < -0.3 is 0 Å². The Bertz CT molecular complexity index is 348. The second-order valence-electron chi connectivity index (χ2n) is 5.15. The van der Waals surface area contributed by atoms with Crippen LogP contribution < -0.4 is 0 Å². The zero-order chi connectivity index (χ0) is 11.4. The molecule has 0 aromatic heterocycles. The lowest BCUT2D eigenvalue weighted by Crippen LogP contribution is -2.15. The predicted octanol–water partition coefficient (Wildman–Crippen LogP) is 3.87. The van der Waals surface area contributed by atoms with Gasteiger partial charge in [-0.1, -0.05) is 44.0 Å². The van der Waals surface area contributed by atoms with Gasteiger partial charge in [0.05, 0.1) is 0 Å². The van der Waals surface area contributed by atoms with Crippen LogP contribution in [0.3, 0.4) is 0 Å². The highest BCUT2D eigenvalue weighted by molar-refractivity contribution is 5.77. The molecule has 16 heavy (non-hydrogen) atoms. The molecule has 0 heterocycles. The summed E-state index contributed by atoms with van der Waals surface area (Å²) in [5, 5.41) is 0. The van der Waals surface area contributed by atoms with E-state index in [0.717, 1.165) is 30.1 Å². The van der Waals surface area contributed by atoms with Crippen LogP contribution in [0.1, 0.15) is 48.5 Å². The first kappa shape index (κ1) is 11.4. The molecule has 1 aromatic rings. The second-order valence-corrected chi connectivity index (χ2v) is 5.15. The third kappa shape index (κ3) is 2.72. The van der Waals surface area contributed by atoms with Crippen molar-refractivity contribution < 1.29 is 4.79 Å². The summed E-state index contributed by atoms with van der Waals surface area (Å²) in [6.07, 6.45) is 7.44. The van der Waals surface area contributed by atoms with E-state index >= 15 is 0 Å². The molecule has 2 rings (SSSR count). The second kappa shape index (κ2) is 5.29. The van der Waals surface area contributed by atoms with Gasteiger partial charge in [0.1, 0.15) is 6.29 Å². The van der Waals surface area contributed by atoms with Gasteiger partial charge in [-0.3, -0.25) is 4.79 Å². The predicted molar refractivity (Wildman–Crippen MR) is 66.7 cm³/mol. The third-order valence-corrected chi connectivity index (χ3v) is 3.83. The van der Waals surface area contributed by atoms with Crippen molar-refractivity contribution in [1.82, 2.24) is 0 Å².